The van der Waals surface area contributed by atoms with Crippen LogP contribution in [-0.4, -0.2) is 9.97 Å². The SMILES string of the molecule is Cc1ncccc1NCc1ccc2cc[nH]c2c1. The molecule has 0 aliphatic carbocycles. The van der Waals surface area contributed by atoms with Gasteiger partial charge in [-0.2, -0.15) is 0 Å². The van der Waals surface area contributed by atoms with Crippen molar-refractivity contribution in [1.29, 1.82) is 0 Å². The number of nitrogens with zero attached hydrogens (tertiary/aromatic N) is 1. The average Bonchev–Trinajstić information content (AvgIpc) is 2.85. The molecule has 1 aromatic carbocycles. The summed E-state index contributed by atoms with van der Waals surface area (Å²) in [5.74, 6) is 0. The van der Waals surface area contributed by atoms with Crippen LogP contribution in [0.2, 0.25) is 0 Å². The molecule has 0 atom stereocenters. The average molecular weight is 237 g/mol. The Bertz CT molecular complexity index is 670. The molecule has 3 aromatic rings. The lowest BCUT2D eigenvalue weighted by Gasteiger charge is -2.08. The third kappa shape index (κ3) is 2.07. The number of aromatic nitrogens is 2. The van der Waals surface area contributed by atoms with Crippen molar-refractivity contribution in [2.45, 2.75) is 13.5 Å². The molecule has 2 heterocycles. The minimum atomic E-state index is 0.807. The van der Waals surface area contributed by atoms with E-state index >= 15 is 0 Å². The normalized spacial score (nSPS) is 10.7. The van der Waals surface area contributed by atoms with E-state index < -0.39 is 0 Å². The summed E-state index contributed by atoms with van der Waals surface area (Å²) in [6, 6.07) is 12.5. The number of fused-ring (bicyclic) bond motifs is 1. The highest BCUT2D eigenvalue weighted by Crippen LogP contribution is 2.16. The van der Waals surface area contributed by atoms with Crippen molar-refractivity contribution in [1.82, 2.24) is 9.97 Å². The van der Waals surface area contributed by atoms with Gasteiger partial charge in [-0.1, -0.05) is 12.1 Å². The van der Waals surface area contributed by atoms with Crippen LogP contribution in [0.3, 0.4) is 0 Å². The van der Waals surface area contributed by atoms with Gasteiger partial charge >= 0.3 is 0 Å². The number of hydrogen-bond donors (Lipinski definition) is 2. The third-order valence-electron chi connectivity index (χ3n) is 3.11. The minimum absolute atomic E-state index is 0.807. The molecular formula is C15H15N3. The van der Waals surface area contributed by atoms with Gasteiger partial charge in [0.25, 0.3) is 0 Å². The van der Waals surface area contributed by atoms with Gasteiger partial charge in [-0.05, 0) is 42.1 Å². The van der Waals surface area contributed by atoms with Gasteiger partial charge in [-0.15, -0.1) is 0 Å². The second-order valence-corrected chi connectivity index (χ2v) is 4.39. The highest BCUT2D eigenvalue weighted by Gasteiger charge is 2.00. The minimum Gasteiger partial charge on any atom is -0.380 e. The second-order valence-electron chi connectivity index (χ2n) is 4.39. The number of nitrogens with one attached hydrogen (secondary N) is 2. The van der Waals surface area contributed by atoms with E-state index in [9.17, 15) is 0 Å². The molecule has 0 fully saturated rings. The first kappa shape index (κ1) is 10.8. The van der Waals surface area contributed by atoms with E-state index in [1.807, 2.05) is 25.4 Å². The summed E-state index contributed by atoms with van der Waals surface area (Å²) in [4.78, 5) is 7.49. The molecule has 0 saturated heterocycles. The number of hydrogen-bond acceptors (Lipinski definition) is 2. The quantitative estimate of drug-likeness (QED) is 0.732. The summed E-state index contributed by atoms with van der Waals surface area (Å²) >= 11 is 0. The summed E-state index contributed by atoms with van der Waals surface area (Å²) in [5, 5.41) is 4.66. The van der Waals surface area contributed by atoms with Crippen molar-refractivity contribution in [2.24, 2.45) is 0 Å². The first-order chi connectivity index (χ1) is 8.83. The molecule has 0 spiro atoms. The van der Waals surface area contributed by atoms with Crippen LogP contribution in [0.5, 0.6) is 0 Å². The second kappa shape index (κ2) is 4.53. The van der Waals surface area contributed by atoms with Gasteiger partial charge in [0.15, 0.2) is 0 Å². The molecular weight excluding hydrogens is 222 g/mol. The first-order valence-corrected chi connectivity index (χ1v) is 6.04. The molecule has 90 valence electrons. The highest BCUT2D eigenvalue weighted by atomic mass is 14.9. The van der Waals surface area contributed by atoms with E-state index in [1.165, 1.54) is 16.5 Å². The number of benzene rings is 1. The fourth-order valence-corrected chi connectivity index (χ4v) is 2.07. The maximum Gasteiger partial charge on any atom is 0.0603 e. The van der Waals surface area contributed by atoms with Gasteiger partial charge in [0.2, 0.25) is 0 Å². The number of anilines is 1. The van der Waals surface area contributed by atoms with E-state index in [-0.39, 0.29) is 0 Å². The van der Waals surface area contributed by atoms with Gasteiger partial charge < -0.3 is 10.3 Å². The summed E-state index contributed by atoms with van der Waals surface area (Å²) < 4.78 is 0. The lowest BCUT2D eigenvalue weighted by molar-refractivity contribution is 1.11. The maximum atomic E-state index is 4.26. The van der Waals surface area contributed by atoms with E-state index in [4.69, 9.17) is 0 Å². The van der Waals surface area contributed by atoms with Gasteiger partial charge in [-0.25, -0.2) is 0 Å². The Hall–Kier alpha value is -2.29. The summed E-state index contributed by atoms with van der Waals surface area (Å²) in [6.45, 7) is 2.82. The Balaban J connectivity index is 1.78. The van der Waals surface area contributed by atoms with Gasteiger partial charge in [-0.3, -0.25) is 4.98 Å². The molecule has 0 aliphatic rings. The van der Waals surface area contributed by atoms with E-state index in [2.05, 4.69) is 45.6 Å². The van der Waals surface area contributed by atoms with Crippen molar-refractivity contribution < 1.29 is 0 Å². The molecule has 3 rings (SSSR count). The van der Waals surface area contributed by atoms with Gasteiger partial charge in [0.05, 0.1) is 11.4 Å². The van der Waals surface area contributed by atoms with E-state index in [0.29, 0.717) is 0 Å². The van der Waals surface area contributed by atoms with Crippen LogP contribution >= 0.6 is 0 Å². The monoisotopic (exact) mass is 237 g/mol. The van der Waals surface area contributed by atoms with Crippen LogP contribution in [0, 0.1) is 6.92 Å². The van der Waals surface area contributed by atoms with Crippen molar-refractivity contribution in [3.05, 3.63) is 60.0 Å². The molecule has 0 unspecified atom stereocenters. The Kier molecular flexibility index (Phi) is 2.73. The molecule has 0 radical (unpaired) electrons. The number of H-pyrrole nitrogens is 1. The maximum absolute atomic E-state index is 4.26. The molecule has 18 heavy (non-hydrogen) atoms. The molecule has 0 saturated carbocycles. The Morgan fingerprint density at radius 1 is 1.22 bits per heavy atom. The Morgan fingerprint density at radius 3 is 3.06 bits per heavy atom. The fourth-order valence-electron chi connectivity index (χ4n) is 2.07. The molecule has 2 aromatic heterocycles. The predicted octanol–water partition coefficient (Wildman–Crippen LogP) is 3.48. The summed E-state index contributed by atoms with van der Waals surface area (Å²) in [7, 11) is 0. The molecule has 0 bridgehead atoms. The molecule has 0 amide bonds. The Labute approximate surface area is 106 Å². The number of aromatic amines is 1. The summed E-state index contributed by atoms with van der Waals surface area (Å²) in [6.07, 6.45) is 3.78. The topological polar surface area (TPSA) is 40.7 Å². The zero-order valence-corrected chi connectivity index (χ0v) is 10.3. The smallest absolute Gasteiger partial charge is 0.0603 e. The Morgan fingerprint density at radius 2 is 2.17 bits per heavy atom. The van der Waals surface area contributed by atoms with Crippen LogP contribution in [-0.2, 0) is 6.54 Å². The largest absolute Gasteiger partial charge is 0.380 e. The first-order valence-electron chi connectivity index (χ1n) is 6.04. The van der Waals surface area contributed by atoms with Crippen molar-refractivity contribution in [3.8, 4) is 0 Å². The van der Waals surface area contributed by atoms with Crippen LogP contribution in [0.25, 0.3) is 10.9 Å². The predicted molar refractivity (Wildman–Crippen MR) is 74.6 cm³/mol. The van der Waals surface area contributed by atoms with Crippen LogP contribution in [0.15, 0.2) is 48.8 Å². The molecule has 3 nitrogen and oxygen atoms in total. The van der Waals surface area contributed by atoms with Crippen molar-refractivity contribution >= 4 is 16.6 Å². The lowest BCUT2D eigenvalue weighted by Crippen LogP contribution is -2.01. The van der Waals surface area contributed by atoms with Crippen LogP contribution in [0.1, 0.15) is 11.3 Å². The zero-order chi connectivity index (χ0) is 12.4. The highest BCUT2D eigenvalue weighted by molar-refractivity contribution is 5.79. The zero-order valence-electron chi connectivity index (χ0n) is 10.3. The van der Waals surface area contributed by atoms with Crippen molar-refractivity contribution in [3.63, 3.8) is 0 Å². The van der Waals surface area contributed by atoms with E-state index in [0.717, 1.165) is 17.9 Å². The van der Waals surface area contributed by atoms with Gasteiger partial charge in [0, 0.05) is 24.5 Å². The van der Waals surface area contributed by atoms with Crippen molar-refractivity contribution in [2.75, 3.05) is 5.32 Å². The van der Waals surface area contributed by atoms with Crippen LogP contribution in [0.4, 0.5) is 5.69 Å². The molecule has 0 aliphatic heterocycles. The van der Waals surface area contributed by atoms with Crippen LogP contribution < -0.4 is 5.32 Å². The summed E-state index contributed by atoms with van der Waals surface area (Å²) in [5.41, 5.74) is 4.55. The third-order valence-corrected chi connectivity index (χ3v) is 3.11. The van der Waals surface area contributed by atoms with E-state index in [1.54, 1.807) is 0 Å². The lowest BCUT2D eigenvalue weighted by atomic mass is 10.1. The fraction of sp³-hybridized carbons (Fsp3) is 0.133. The number of rotatable bonds is 3. The standard InChI is InChI=1S/C15H15N3/c1-11-14(3-2-7-16-11)18-10-12-4-5-13-6-8-17-15(13)9-12/h2-9,17-18H,10H2,1H3. The van der Waals surface area contributed by atoms with Gasteiger partial charge in [0.1, 0.15) is 0 Å². The molecule has 3 heteroatoms. The molecule has 2 N–H and O–H groups in total. The number of aryl methyl sites for hydroxylation is 1. The number of pyridine rings is 1.